The highest BCUT2D eigenvalue weighted by Crippen LogP contribution is 2.34. The van der Waals surface area contributed by atoms with Crippen molar-refractivity contribution in [1.82, 2.24) is 4.90 Å². The number of nitrogens with zero attached hydrogens (tertiary/aromatic N) is 3. The summed E-state index contributed by atoms with van der Waals surface area (Å²) in [7, 11) is 0. The second kappa shape index (κ2) is 10.5. The number of para-hydroxylation sites is 1. The summed E-state index contributed by atoms with van der Waals surface area (Å²) in [5, 5.41) is 0.629. The minimum atomic E-state index is -4.37. The van der Waals surface area contributed by atoms with Gasteiger partial charge in [-0.25, -0.2) is 0 Å². The highest BCUT2D eigenvalue weighted by Gasteiger charge is 2.32. The summed E-state index contributed by atoms with van der Waals surface area (Å²) in [5.74, 6) is 0.448. The highest BCUT2D eigenvalue weighted by atomic mass is 32.2. The number of unbranched alkanes of at least 4 members (excludes halogenated alkanes) is 1. The van der Waals surface area contributed by atoms with Crippen LogP contribution < -0.4 is 9.64 Å². The van der Waals surface area contributed by atoms with E-state index in [1.165, 1.54) is 23.9 Å². The van der Waals surface area contributed by atoms with Crippen LogP contribution in [0.1, 0.15) is 30.9 Å². The van der Waals surface area contributed by atoms with Crippen molar-refractivity contribution in [3.8, 4) is 5.75 Å². The summed E-state index contributed by atoms with van der Waals surface area (Å²) >= 11 is 1.32. The first-order valence-electron chi connectivity index (χ1n) is 11.3. The van der Waals surface area contributed by atoms with Crippen molar-refractivity contribution in [2.75, 3.05) is 37.7 Å². The van der Waals surface area contributed by atoms with Crippen LogP contribution in [-0.4, -0.2) is 48.8 Å². The van der Waals surface area contributed by atoms with Gasteiger partial charge in [0.25, 0.3) is 5.91 Å². The number of benzene rings is 2. The molecule has 1 amide bonds. The van der Waals surface area contributed by atoms with E-state index in [9.17, 15) is 18.0 Å². The number of amidine groups is 1. The normalized spacial score (nSPS) is 17.9. The molecule has 2 aliphatic rings. The van der Waals surface area contributed by atoms with Gasteiger partial charge in [-0.3, -0.25) is 4.79 Å². The van der Waals surface area contributed by atoms with Gasteiger partial charge in [-0.15, -0.1) is 0 Å². The Bertz CT molecular complexity index is 1090. The lowest BCUT2D eigenvalue weighted by Gasteiger charge is -2.36. The predicted molar refractivity (Wildman–Crippen MR) is 130 cm³/mol. The standard InChI is InChI=1S/C25H26F3N3O2S/c1-2-3-15-33-21-10-5-4-7-18(21)16-22-23(32)29-24(34-22)31-13-11-30(12-14-31)20-9-6-8-19(17-20)25(26,27)28/h4-10,16-17H,2-3,11-15H2,1H3. The number of hydrogen-bond acceptors (Lipinski definition) is 5. The lowest BCUT2D eigenvalue weighted by molar-refractivity contribution is -0.137. The molecule has 1 saturated heterocycles. The Morgan fingerprint density at radius 1 is 1.06 bits per heavy atom. The Hall–Kier alpha value is -2.94. The molecule has 0 aliphatic carbocycles. The predicted octanol–water partition coefficient (Wildman–Crippen LogP) is 5.68. The zero-order valence-electron chi connectivity index (χ0n) is 18.8. The monoisotopic (exact) mass is 489 g/mol. The average Bonchev–Trinajstić information content (AvgIpc) is 3.20. The van der Waals surface area contributed by atoms with Crippen molar-refractivity contribution >= 4 is 34.6 Å². The second-order valence-corrected chi connectivity index (χ2v) is 9.08. The fourth-order valence-corrected chi connectivity index (χ4v) is 4.72. The van der Waals surface area contributed by atoms with Crippen LogP contribution in [0, 0.1) is 0 Å². The number of carbonyl (C=O) groups is 1. The number of halogens is 3. The molecule has 2 aliphatic heterocycles. The van der Waals surface area contributed by atoms with Crippen molar-refractivity contribution in [3.63, 3.8) is 0 Å². The summed E-state index contributed by atoms with van der Waals surface area (Å²) < 4.78 is 45.0. The van der Waals surface area contributed by atoms with Crippen LogP contribution in [0.15, 0.2) is 58.4 Å². The van der Waals surface area contributed by atoms with Gasteiger partial charge in [-0.05, 0) is 48.5 Å². The number of amides is 1. The number of rotatable bonds is 6. The molecule has 2 aromatic carbocycles. The van der Waals surface area contributed by atoms with Gasteiger partial charge in [0.1, 0.15) is 5.75 Å². The van der Waals surface area contributed by atoms with Gasteiger partial charge < -0.3 is 14.5 Å². The first-order chi connectivity index (χ1) is 16.3. The van der Waals surface area contributed by atoms with E-state index in [4.69, 9.17) is 4.74 Å². The van der Waals surface area contributed by atoms with E-state index in [0.717, 1.165) is 30.2 Å². The van der Waals surface area contributed by atoms with Crippen molar-refractivity contribution < 1.29 is 22.7 Å². The van der Waals surface area contributed by atoms with Crippen LogP contribution in [0.3, 0.4) is 0 Å². The fraction of sp³-hybridized carbons (Fsp3) is 0.360. The number of carbonyl (C=O) groups excluding carboxylic acids is 1. The smallest absolute Gasteiger partial charge is 0.416 e. The van der Waals surface area contributed by atoms with E-state index in [-0.39, 0.29) is 5.91 Å². The molecule has 0 aromatic heterocycles. The van der Waals surface area contributed by atoms with Crippen LogP contribution >= 0.6 is 11.8 Å². The van der Waals surface area contributed by atoms with E-state index in [0.29, 0.717) is 48.5 Å². The molecular formula is C25H26F3N3O2S. The van der Waals surface area contributed by atoms with Crippen molar-refractivity contribution in [2.24, 2.45) is 4.99 Å². The molecule has 2 aromatic rings. The van der Waals surface area contributed by atoms with Gasteiger partial charge in [0.2, 0.25) is 0 Å². The van der Waals surface area contributed by atoms with E-state index in [1.54, 1.807) is 6.07 Å². The number of thioether (sulfide) groups is 1. The zero-order chi connectivity index (χ0) is 24.1. The van der Waals surface area contributed by atoms with E-state index in [2.05, 4.69) is 11.9 Å². The minimum absolute atomic E-state index is 0.288. The lowest BCUT2D eigenvalue weighted by atomic mass is 10.1. The van der Waals surface area contributed by atoms with Crippen LogP contribution in [-0.2, 0) is 11.0 Å². The third kappa shape index (κ3) is 5.75. The Labute approximate surface area is 201 Å². The Morgan fingerprint density at radius 2 is 1.79 bits per heavy atom. The quantitative estimate of drug-likeness (QED) is 0.386. The highest BCUT2D eigenvalue weighted by molar-refractivity contribution is 8.18. The van der Waals surface area contributed by atoms with Crippen LogP contribution in [0.25, 0.3) is 6.08 Å². The Kier molecular flexibility index (Phi) is 7.50. The largest absolute Gasteiger partial charge is 0.493 e. The number of ether oxygens (including phenoxy) is 1. The van der Waals surface area contributed by atoms with Gasteiger partial charge >= 0.3 is 6.18 Å². The maximum Gasteiger partial charge on any atom is 0.416 e. The third-order valence-corrected chi connectivity index (χ3v) is 6.70. The van der Waals surface area contributed by atoms with Gasteiger partial charge in [-0.1, -0.05) is 37.6 Å². The van der Waals surface area contributed by atoms with E-state index >= 15 is 0 Å². The number of piperazine rings is 1. The van der Waals surface area contributed by atoms with Gasteiger partial charge in [-0.2, -0.15) is 18.2 Å². The molecule has 180 valence electrons. The second-order valence-electron chi connectivity index (χ2n) is 8.07. The molecular weight excluding hydrogens is 463 g/mol. The van der Waals surface area contributed by atoms with Crippen molar-refractivity contribution in [2.45, 2.75) is 25.9 Å². The van der Waals surface area contributed by atoms with Crippen LogP contribution in [0.4, 0.5) is 18.9 Å². The molecule has 0 unspecified atom stereocenters. The minimum Gasteiger partial charge on any atom is -0.493 e. The average molecular weight is 490 g/mol. The molecule has 0 saturated carbocycles. The van der Waals surface area contributed by atoms with Gasteiger partial charge in [0.15, 0.2) is 5.17 Å². The van der Waals surface area contributed by atoms with Gasteiger partial charge in [0, 0.05) is 37.4 Å². The number of anilines is 1. The molecule has 9 heteroatoms. The molecule has 0 spiro atoms. The Morgan fingerprint density at radius 3 is 2.53 bits per heavy atom. The molecule has 0 N–H and O–H groups in total. The fourth-order valence-electron chi connectivity index (χ4n) is 3.77. The third-order valence-electron chi connectivity index (χ3n) is 5.66. The molecule has 2 heterocycles. The van der Waals surface area contributed by atoms with Crippen molar-refractivity contribution in [1.29, 1.82) is 0 Å². The molecule has 0 atom stereocenters. The SMILES string of the molecule is CCCCOc1ccccc1C=C1SC(N2CCN(c3cccc(C(F)(F)F)c3)CC2)=NC1=O. The molecule has 4 rings (SSSR count). The maximum absolute atomic E-state index is 13.0. The lowest BCUT2D eigenvalue weighted by Crippen LogP contribution is -2.47. The summed E-state index contributed by atoms with van der Waals surface area (Å²) in [6.07, 6.45) is -0.562. The number of hydrogen-bond donors (Lipinski definition) is 0. The van der Waals surface area contributed by atoms with Crippen LogP contribution in [0.5, 0.6) is 5.75 Å². The maximum atomic E-state index is 13.0. The molecule has 1 fully saturated rings. The molecule has 34 heavy (non-hydrogen) atoms. The van der Waals surface area contributed by atoms with Crippen LogP contribution in [0.2, 0.25) is 0 Å². The summed E-state index contributed by atoms with van der Waals surface area (Å²) in [4.78, 5) is 21.3. The summed E-state index contributed by atoms with van der Waals surface area (Å²) in [6.45, 7) is 4.95. The Balaban J connectivity index is 1.39. The number of alkyl halides is 3. The molecule has 5 nitrogen and oxygen atoms in total. The molecule has 0 bridgehead atoms. The van der Waals surface area contributed by atoms with E-state index < -0.39 is 11.7 Å². The first-order valence-corrected chi connectivity index (χ1v) is 12.1. The van der Waals surface area contributed by atoms with E-state index in [1.807, 2.05) is 40.1 Å². The van der Waals surface area contributed by atoms with Gasteiger partial charge in [0.05, 0.1) is 17.1 Å². The summed E-state index contributed by atoms with van der Waals surface area (Å²) in [5.41, 5.74) is 0.731. The number of aliphatic imine (C=N–C) groups is 1. The van der Waals surface area contributed by atoms with Crippen molar-refractivity contribution in [3.05, 3.63) is 64.6 Å². The first kappa shape index (κ1) is 24.2. The topological polar surface area (TPSA) is 45.1 Å². The summed E-state index contributed by atoms with van der Waals surface area (Å²) in [6, 6.07) is 13.0. The molecule has 0 radical (unpaired) electrons. The zero-order valence-corrected chi connectivity index (χ0v) is 19.7.